The van der Waals surface area contributed by atoms with Gasteiger partial charge in [-0.25, -0.2) is 0 Å². The minimum atomic E-state index is -2.31. The van der Waals surface area contributed by atoms with Crippen LogP contribution >= 0.6 is 0 Å². The lowest BCUT2D eigenvalue weighted by atomic mass is 9.89. The maximum absolute atomic E-state index is 5.39. The van der Waals surface area contributed by atoms with Crippen LogP contribution in [0.4, 0.5) is 0 Å². The second-order valence-corrected chi connectivity index (χ2v) is 8.86. The van der Waals surface area contributed by atoms with Crippen molar-refractivity contribution in [2.24, 2.45) is 5.41 Å². The van der Waals surface area contributed by atoms with E-state index in [0.717, 1.165) is 12.5 Å². The van der Waals surface area contributed by atoms with E-state index in [0.29, 0.717) is 5.41 Å². The summed E-state index contributed by atoms with van der Waals surface area (Å²) >= 11 is 0. The molecule has 3 nitrogen and oxygen atoms in total. The van der Waals surface area contributed by atoms with E-state index in [2.05, 4.69) is 20.8 Å². The van der Waals surface area contributed by atoms with E-state index in [-0.39, 0.29) is 0 Å². The predicted molar refractivity (Wildman–Crippen MR) is 74.1 cm³/mol. The van der Waals surface area contributed by atoms with Gasteiger partial charge in [0.05, 0.1) is 0 Å². The monoisotopic (exact) mass is 262 g/mol. The molecule has 0 bridgehead atoms. The molecule has 0 spiro atoms. The van der Waals surface area contributed by atoms with Gasteiger partial charge in [0.25, 0.3) is 0 Å². The van der Waals surface area contributed by atoms with Crippen LogP contribution in [0.1, 0.15) is 52.9 Å². The van der Waals surface area contributed by atoms with Crippen LogP contribution in [0.5, 0.6) is 0 Å². The van der Waals surface area contributed by atoms with Gasteiger partial charge in [-0.05, 0) is 18.3 Å². The molecule has 0 aromatic rings. The molecule has 0 fully saturated rings. The summed E-state index contributed by atoms with van der Waals surface area (Å²) < 4.78 is 16.2. The largest absolute Gasteiger partial charge is 0.500 e. The summed E-state index contributed by atoms with van der Waals surface area (Å²) in [7, 11) is 2.72. The third kappa shape index (κ3) is 7.92. The van der Waals surface area contributed by atoms with Crippen LogP contribution in [-0.2, 0) is 13.3 Å². The van der Waals surface area contributed by atoms with E-state index in [9.17, 15) is 0 Å². The summed E-state index contributed by atoms with van der Waals surface area (Å²) in [5.74, 6) is 0. The molecule has 104 valence electrons. The molecule has 0 unspecified atom stereocenters. The van der Waals surface area contributed by atoms with Crippen molar-refractivity contribution >= 4 is 8.80 Å². The number of rotatable bonds is 9. The topological polar surface area (TPSA) is 27.7 Å². The molecule has 0 atom stereocenters. The third-order valence-electron chi connectivity index (χ3n) is 3.09. The Morgan fingerprint density at radius 3 is 1.65 bits per heavy atom. The van der Waals surface area contributed by atoms with Gasteiger partial charge in [-0.2, -0.15) is 0 Å². The van der Waals surface area contributed by atoms with E-state index >= 15 is 0 Å². The van der Waals surface area contributed by atoms with Crippen LogP contribution in [0, 0.1) is 5.41 Å². The van der Waals surface area contributed by atoms with Crippen molar-refractivity contribution in [1.29, 1.82) is 0 Å². The Hall–Kier alpha value is 0.0969. The molecule has 0 amide bonds. The van der Waals surface area contributed by atoms with Gasteiger partial charge in [-0.3, -0.25) is 0 Å². The Labute approximate surface area is 108 Å². The van der Waals surface area contributed by atoms with Crippen molar-refractivity contribution in [3.05, 3.63) is 0 Å². The van der Waals surface area contributed by atoms with Gasteiger partial charge in [-0.1, -0.05) is 40.0 Å². The van der Waals surface area contributed by atoms with Gasteiger partial charge in [0.2, 0.25) is 0 Å². The van der Waals surface area contributed by atoms with Gasteiger partial charge in [0.1, 0.15) is 0 Å². The van der Waals surface area contributed by atoms with Crippen LogP contribution in [0.3, 0.4) is 0 Å². The summed E-state index contributed by atoms with van der Waals surface area (Å²) in [5, 5.41) is 0. The highest BCUT2D eigenvalue weighted by molar-refractivity contribution is 6.60. The third-order valence-corrected chi connectivity index (χ3v) is 5.92. The first-order valence-electron chi connectivity index (χ1n) is 6.54. The quantitative estimate of drug-likeness (QED) is 0.466. The summed E-state index contributed by atoms with van der Waals surface area (Å²) in [4.78, 5) is 0. The molecule has 0 saturated carbocycles. The Bertz CT molecular complexity index is 177. The van der Waals surface area contributed by atoms with Crippen molar-refractivity contribution in [2.45, 2.75) is 58.9 Å². The summed E-state index contributed by atoms with van der Waals surface area (Å²) in [5.41, 5.74) is 0.462. The first kappa shape index (κ1) is 17.1. The van der Waals surface area contributed by atoms with Crippen molar-refractivity contribution in [1.82, 2.24) is 0 Å². The van der Waals surface area contributed by atoms with Crippen LogP contribution in [0.25, 0.3) is 0 Å². The van der Waals surface area contributed by atoms with Gasteiger partial charge in [0, 0.05) is 27.4 Å². The molecule has 0 aliphatic rings. The van der Waals surface area contributed by atoms with Gasteiger partial charge in [-0.15, -0.1) is 0 Å². The van der Waals surface area contributed by atoms with Crippen molar-refractivity contribution in [3.63, 3.8) is 0 Å². The maximum Gasteiger partial charge on any atom is 0.500 e. The highest BCUT2D eigenvalue weighted by Crippen LogP contribution is 2.23. The number of hydrogen-bond donors (Lipinski definition) is 0. The summed E-state index contributed by atoms with van der Waals surface area (Å²) in [6.45, 7) is 6.89. The smallest absolute Gasteiger partial charge is 0.377 e. The molecular weight excluding hydrogens is 232 g/mol. The van der Waals surface area contributed by atoms with E-state index in [1.165, 1.54) is 25.7 Å². The zero-order valence-electron chi connectivity index (χ0n) is 12.5. The Morgan fingerprint density at radius 1 is 0.765 bits per heavy atom. The zero-order valence-corrected chi connectivity index (χ0v) is 13.5. The van der Waals surface area contributed by atoms with E-state index < -0.39 is 8.80 Å². The molecule has 0 saturated heterocycles. The zero-order chi connectivity index (χ0) is 13.4. The minimum absolute atomic E-state index is 0.462. The molecule has 0 radical (unpaired) electrons. The predicted octanol–water partition coefficient (Wildman–Crippen LogP) is 3.86. The molecule has 0 aromatic carbocycles. The molecule has 0 aliphatic carbocycles. The van der Waals surface area contributed by atoms with Crippen LogP contribution in [0.2, 0.25) is 6.04 Å². The van der Waals surface area contributed by atoms with Crippen molar-refractivity contribution in [3.8, 4) is 0 Å². The molecule has 0 rings (SSSR count). The molecular formula is C13H30O3Si. The minimum Gasteiger partial charge on any atom is -0.377 e. The molecule has 0 aliphatic heterocycles. The number of hydrogen-bond acceptors (Lipinski definition) is 3. The molecule has 0 heterocycles. The van der Waals surface area contributed by atoms with E-state index in [4.69, 9.17) is 13.3 Å². The molecule has 0 aromatic heterocycles. The molecule has 0 N–H and O–H groups in total. The van der Waals surface area contributed by atoms with Crippen LogP contribution in [-0.4, -0.2) is 30.1 Å². The fraction of sp³-hybridized carbons (Fsp3) is 1.00. The van der Waals surface area contributed by atoms with E-state index in [1.807, 2.05) is 0 Å². The number of unbranched alkanes of at least 4 members (excludes halogenated alkanes) is 3. The highest BCUT2D eigenvalue weighted by Gasteiger charge is 2.36. The van der Waals surface area contributed by atoms with E-state index in [1.54, 1.807) is 21.3 Å². The lowest BCUT2D eigenvalue weighted by molar-refractivity contribution is 0.122. The Morgan fingerprint density at radius 2 is 1.24 bits per heavy atom. The summed E-state index contributed by atoms with van der Waals surface area (Å²) in [6.07, 6.45) is 6.27. The normalized spacial score (nSPS) is 13.1. The van der Waals surface area contributed by atoms with Gasteiger partial charge < -0.3 is 13.3 Å². The standard InChI is InChI=1S/C13H30O3Si/c1-13(2,3)11-9-7-8-10-12-17(14-4,15-5)16-6/h7-12H2,1-6H3. The van der Waals surface area contributed by atoms with Crippen LogP contribution < -0.4 is 0 Å². The fourth-order valence-corrected chi connectivity index (χ4v) is 3.70. The van der Waals surface area contributed by atoms with Gasteiger partial charge in [0.15, 0.2) is 0 Å². The first-order valence-corrected chi connectivity index (χ1v) is 8.48. The van der Waals surface area contributed by atoms with Crippen molar-refractivity contribution < 1.29 is 13.3 Å². The molecule has 4 heteroatoms. The SMILES string of the molecule is CO[Si](CCCCCCC(C)(C)C)(OC)OC. The lowest BCUT2D eigenvalue weighted by Crippen LogP contribution is -2.42. The Balaban J connectivity index is 3.63. The average Bonchev–Trinajstić information content (AvgIpc) is 2.28. The maximum atomic E-state index is 5.39. The highest BCUT2D eigenvalue weighted by atomic mass is 28.4. The fourth-order valence-electron chi connectivity index (χ4n) is 1.91. The van der Waals surface area contributed by atoms with Crippen LogP contribution in [0.15, 0.2) is 0 Å². The second-order valence-electron chi connectivity index (χ2n) is 5.77. The van der Waals surface area contributed by atoms with Crippen molar-refractivity contribution in [2.75, 3.05) is 21.3 Å². The molecule has 17 heavy (non-hydrogen) atoms. The summed E-state index contributed by atoms with van der Waals surface area (Å²) in [6, 6.07) is 0.923. The Kier molecular flexibility index (Phi) is 8.29. The second kappa shape index (κ2) is 8.24. The van der Waals surface area contributed by atoms with Gasteiger partial charge >= 0.3 is 8.80 Å². The average molecular weight is 262 g/mol. The first-order chi connectivity index (χ1) is 7.89. The lowest BCUT2D eigenvalue weighted by Gasteiger charge is -2.24.